The summed E-state index contributed by atoms with van der Waals surface area (Å²) in [5, 5.41) is 8.48. The first-order chi connectivity index (χ1) is 8.61. The summed E-state index contributed by atoms with van der Waals surface area (Å²) in [6, 6.07) is 0. The highest BCUT2D eigenvalue weighted by molar-refractivity contribution is 7.13. The smallest absolute Gasteiger partial charge is 0.305 e. The molecule has 7 heteroatoms. The molecule has 1 rings (SSSR count). The zero-order valence-electron chi connectivity index (χ0n) is 10.5. The third-order valence-electron chi connectivity index (χ3n) is 2.14. The van der Waals surface area contributed by atoms with E-state index in [1.165, 1.54) is 25.4 Å². The first kappa shape index (κ1) is 14.4. The van der Waals surface area contributed by atoms with E-state index in [2.05, 4.69) is 20.4 Å². The minimum Gasteiger partial charge on any atom is -0.469 e. The van der Waals surface area contributed by atoms with Crippen LogP contribution in [0.25, 0.3) is 0 Å². The summed E-state index contributed by atoms with van der Waals surface area (Å²) < 4.78 is 4.56. The van der Waals surface area contributed by atoms with Gasteiger partial charge >= 0.3 is 5.97 Å². The van der Waals surface area contributed by atoms with Crippen molar-refractivity contribution in [3.63, 3.8) is 0 Å². The van der Waals surface area contributed by atoms with E-state index in [1.54, 1.807) is 0 Å². The summed E-state index contributed by atoms with van der Waals surface area (Å²) >= 11 is 1.48. The van der Waals surface area contributed by atoms with Crippen molar-refractivity contribution < 1.29 is 14.3 Å². The van der Waals surface area contributed by atoms with Crippen LogP contribution in [0.1, 0.15) is 19.0 Å². The number of thiazole rings is 1. The number of nitrogens with one attached hydrogen (secondary N) is 2. The van der Waals surface area contributed by atoms with Crippen LogP contribution < -0.4 is 10.6 Å². The molecule has 0 saturated heterocycles. The first-order valence-corrected chi connectivity index (χ1v) is 6.49. The lowest BCUT2D eigenvalue weighted by Crippen LogP contribution is -2.26. The number of rotatable bonds is 7. The lowest BCUT2D eigenvalue weighted by atomic mass is 10.2. The normalized spacial score (nSPS) is 9.89. The van der Waals surface area contributed by atoms with Crippen molar-refractivity contribution >= 4 is 28.3 Å². The summed E-state index contributed by atoms with van der Waals surface area (Å²) in [5.74, 6) is -0.280. The Bertz CT molecular complexity index is 406. The molecule has 1 heterocycles. The topological polar surface area (TPSA) is 80.3 Å². The Morgan fingerprint density at radius 2 is 2.22 bits per heavy atom. The zero-order chi connectivity index (χ0) is 13.4. The Labute approximate surface area is 110 Å². The average molecular weight is 271 g/mol. The van der Waals surface area contributed by atoms with Crippen molar-refractivity contribution in [2.45, 2.75) is 19.8 Å². The largest absolute Gasteiger partial charge is 0.469 e. The van der Waals surface area contributed by atoms with Crippen molar-refractivity contribution in [1.82, 2.24) is 10.3 Å². The van der Waals surface area contributed by atoms with Gasteiger partial charge < -0.3 is 15.4 Å². The van der Waals surface area contributed by atoms with E-state index in [9.17, 15) is 9.59 Å². The highest BCUT2D eigenvalue weighted by Crippen LogP contribution is 2.16. The molecule has 6 nitrogen and oxygen atoms in total. The quantitative estimate of drug-likeness (QED) is 0.566. The SMILES string of the molecule is COC(=O)CCc1csc(NCCNC(C)=O)n1. The fourth-order valence-corrected chi connectivity index (χ4v) is 2.02. The Kier molecular flexibility index (Phi) is 6.13. The summed E-state index contributed by atoms with van der Waals surface area (Å²) in [5.41, 5.74) is 0.868. The van der Waals surface area contributed by atoms with Gasteiger partial charge in [-0.3, -0.25) is 9.59 Å². The van der Waals surface area contributed by atoms with E-state index < -0.39 is 0 Å². The van der Waals surface area contributed by atoms with E-state index in [0.717, 1.165) is 10.8 Å². The second kappa shape index (κ2) is 7.65. The number of esters is 1. The molecule has 100 valence electrons. The van der Waals surface area contributed by atoms with Gasteiger partial charge in [0.05, 0.1) is 19.2 Å². The van der Waals surface area contributed by atoms with E-state index >= 15 is 0 Å². The minimum atomic E-state index is -0.233. The van der Waals surface area contributed by atoms with Gasteiger partial charge in [-0.1, -0.05) is 0 Å². The van der Waals surface area contributed by atoms with Crippen LogP contribution in [0.4, 0.5) is 5.13 Å². The van der Waals surface area contributed by atoms with Crippen molar-refractivity contribution in [3.05, 3.63) is 11.1 Å². The zero-order valence-corrected chi connectivity index (χ0v) is 11.3. The van der Waals surface area contributed by atoms with Gasteiger partial charge in [-0.05, 0) is 0 Å². The number of methoxy groups -OCH3 is 1. The van der Waals surface area contributed by atoms with Gasteiger partial charge in [-0.2, -0.15) is 0 Å². The standard InChI is InChI=1S/C11H17N3O3S/c1-8(15)12-5-6-13-11-14-9(7-18-11)3-4-10(16)17-2/h7H,3-6H2,1-2H3,(H,12,15)(H,13,14). The molecule has 0 aliphatic rings. The number of carbonyl (C=O) groups excluding carboxylic acids is 2. The minimum absolute atomic E-state index is 0.0466. The third-order valence-corrected chi connectivity index (χ3v) is 2.99. The maximum Gasteiger partial charge on any atom is 0.305 e. The second-order valence-corrected chi connectivity index (χ2v) is 4.49. The summed E-state index contributed by atoms with van der Waals surface area (Å²) in [7, 11) is 1.37. The molecule has 0 atom stereocenters. The molecule has 0 aliphatic carbocycles. The van der Waals surface area contributed by atoms with Gasteiger partial charge in [0.25, 0.3) is 0 Å². The number of hydrogen-bond donors (Lipinski definition) is 2. The van der Waals surface area contributed by atoms with Gasteiger partial charge in [0.1, 0.15) is 0 Å². The first-order valence-electron chi connectivity index (χ1n) is 5.61. The van der Waals surface area contributed by atoms with Crippen molar-refractivity contribution in [2.24, 2.45) is 0 Å². The van der Waals surface area contributed by atoms with Gasteiger partial charge in [0, 0.05) is 31.8 Å². The Morgan fingerprint density at radius 1 is 1.44 bits per heavy atom. The molecule has 0 unspecified atom stereocenters. The van der Waals surface area contributed by atoms with E-state index in [0.29, 0.717) is 25.9 Å². The van der Waals surface area contributed by atoms with Gasteiger partial charge in [0.2, 0.25) is 5.91 Å². The molecule has 0 fully saturated rings. The monoisotopic (exact) mass is 271 g/mol. The fraction of sp³-hybridized carbons (Fsp3) is 0.545. The molecular weight excluding hydrogens is 254 g/mol. The van der Waals surface area contributed by atoms with Crippen LogP contribution in [-0.2, 0) is 20.7 Å². The molecule has 1 amide bonds. The highest BCUT2D eigenvalue weighted by Gasteiger charge is 2.05. The number of aromatic nitrogens is 1. The van der Waals surface area contributed by atoms with Crippen molar-refractivity contribution in [2.75, 3.05) is 25.5 Å². The van der Waals surface area contributed by atoms with E-state index in [1.807, 2.05) is 5.38 Å². The molecule has 1 aromatic rings. The summed E-state index contributed by atoms with van der Waals surface area (Å²) in [6.45, 7) is 2.67. The Balaban J connectivity index is 2.25. The number of aryl methyl sites for hydroxylation is 1. The molecule has 0 radical (unpaired) electrons. The number of ether oxygens (including phenoxy) is 1. The fourth-order valence-electron chi connectivity index (χ4n) is 1.24. The summed E-state index contributed by atoms with van der Waals surface area (Å²) in [6.07, 6.45) is 0.919. The van der Waals surface area contributed by atoms with E-state index in [4.69, 9.17) is 0 Å². The highest BCUT2D eigenvalue weighted by atomic mass is 32.1. The average Bonchev–Trinajstić information content (AvgIpc) is 2.79. The van der Waals surface area contributed by atoms with Crippen LogP contribution in [0.5, 0.6) is 0 Å². The molecule has 0 saturated carbocycles. The molecule has 0 bridgehead atoms. The maximum atomic E-state index is 11.0. The van der Waals surface area contributed by atoms with Gasteiger partial charge in [0.15, 0.2) is 5.13 Å². The molecule has 1 aromatic heterocycles. The molecule has 0 aromatic carbocycles. The van der Waals surface area contributed by atoms with E-state index in [-0.39, 0.29) is 11.9 Å². The van der Waals surface area contributed by atoms with Crippen LogP contribution >= 0.6 is 11.3 Å². The maximum absolute atomic E-state index is 11.0. The second-order valence-electron chi connectivity index (χ2n) is 3.63. The number of nitrogens with zero attached hydrogens (tertiary/aromatic N) is 1. The Hall–Kier alpha value is -1.63. The number of hydrogen-bond acceptors (Lipinski definition) is 6. The molecule has 18 heavy (non-hydrogen) atoms. The molecular formula is C11H17N3O3S. The predicted molar refractivity (Wildman–Crippen MR) is 69.6 cm³/mol. The van der Waals surface area contributed by atoms with Crippen molar-refractivity contribution in [1.29, 1.82) is 0 Å². The Morgan fingerprint density at radius 3 is 2.89 bits per heavy atom. The molecule has 2 N–H and O–H groups in total. The summed E-state index contributed by atoms with van der Waals surface area (Å²) in [4.78, 5) is 25.9. The predicted octanol–water partition coefficient (Wildman–Crippen LogP) is 0.797. The number of amides is 1. The number of anilines is 1. The number of carbonyl (C=O) groups is 2. The lowest BCUT2D eigenvalue weighted by molar-refractivity contribution is -0.140. The van der Waals surface area contributed by atoms with Crippen LogP contribution in [-0.4, -0.2) is 37.1 Å². The van der Waals surface area contributed by atoms with Gasteiger partial charge in [-0.15, -0.1) is 11.3 Å². The van der Waals surface area contributed by atoms with Crippen LogP contribution in [0.3, 0.4) is 0 Å². The molecule has 0 aliphatic heterocycles. The molecule has 0 spiro atoms. The lowest BCUT2D eigenvalue weighted by Gasteiger charge is -2.02. The van der Waals surface area contributed by atoms with Crippen molar-refractivity contribution in [3.8, 4) is 0 Å². The van der Waals surface area contributed by atoms with Crippen LogP contribution in [0, 0.1) is 0 Å². The third kappa shape index (κ3) is 5.62. The van der Waals surface area contributed by atoms with Crippen LogP contribution in [0.2, 0.25) is 0 Å². The van der Waals surface area contributed by atoms with Crippen LogP contribution in [0.15, 0.2) is 5.38 Å². The van der Waals surface area contributed by atoms with Gasteiger partial charge in [-0.25, -0.2) is 4.98 Å².